The first-order valence-electron chi connectivity index (χ1n) is 6.54. The van der Waals surface area contributed by atoms with Crippen molar-refractivity contribution in [2.45, 2.75) is 58.8 Å². The fourth-order valence-corrected chi connectivity index (χ4v) is 2.70. The van der Waals surface area contributed by atoms with Crippen molar-refractivity contribution in [3.63, 3.8) is 0 Å². The van der Waals surface area contributed by atoms with Gasteiger partial charge in [-0.3, -0.25) is 4.68 Å². The summed E-state index contributed by atoms with van der Waals surface area (Å²) in [6, 6.07) is 0. The van der Waals surface area contributed by atoms with Gasteiger partial charge in [0.25, 0.3) is 0 Å². The van der Waals surface area contributed by atoms with Gasteiger partial charge in [0.1, 0.15) is 0 Å². The molecule has 4 nitrogen and oxygen atoms in total. The van der Waals surface area contributed by atoms with Gasteiger partial charge in [-0.05, 0) is 38.7 Å². The molecule has 2 unspecified atom stereocenters. The molecule has 0 bridgehead atoms. The molecule has 4 heteroatoms. The molecule has 96 valence electrons. The SMILES string of the molecule is CCc1c(C)nn(CC2CCC(CN)O2)c1C. The zero-order valence-electron chi connectivity index (χ0n) is 11.1. The Morgan fingerprint density at radius 2 is 2.06 bits per heavy atom. The zero-order chi connectivity index (χ0) is 12.4. The highest BCUT2D eigenvalue weighted by Crippen LogP contribution is 2.22. The van der Waals surface area contributed by atoms with Crippen LogP contribution in [0.15, 0.2) is 0 Å². The van der Waals surface area contributed by atoms with E-state index in [0.29, 0.717) is 6.54 Å². The predicted octanol–water partition coefficient (Wildman–Crippen LogP) is 1.57. The summed E-state index contributed by atoms with van der Waals surface area (Å²) < 4.78 is 7.96. The molecule has 0 aromatic carbocycles. The van der Waals surface area contributed by atoms with E-state index in [1.165, 1.54) is 11.3 Å². The van der Waals surface area contributed by atoms with Crippen LogP contribution in [-0.2, 0) is 17.7 Å². The fraction of sp³-hybridized carbons (Fsp3) is 0.769. The van der Waals surface area contributed by atoms with E-state index >= 15 is 0 Å². The summed E-state index contributed by atoms with van der Waals surface area (Å²) in [7, 11) is 0. The lowest BCUT2D eigenvalue weighted by atomic mass is 10.1. The van der Waals surface area contributed by atoms with Gasteiger partial charge >= 0.3 is 0 Å². The van der Waals surface area contributed by atoms with E-state index in [-0.39, 0.29) is 12.2 Å². The Hall–Kier alpha value is -0.870. The zero-order valence-corrected chi connectivity index (χ0v) is 11.1. The average Bonchev–Trinajstić information content (AvgIpc) is 2.86. The molecule has 0 radical (unpaired) electrons. The van der Waals surface area contributed by atoms with Crippen molar-refractivity contribution in [2.75, 3.05) is 6.54 Å². The Labute approximate surface area is 103 Å². The molecule has 0 spiro atoms. The quantitative estimate of drug-likeness (QED) is 0.864. The van der Waals surface area contributed by atoms with Crippen molar-refractivity contribution in [1.29, 1.82) is 0 Å². The molecular formula is C13H23N3O. The van der Waals surface area contributed by atoms with Crippen LogP contribution in [0.25, 0.3) is 0 Å². The first-order valence-corrected chi connectivity index (χ1v) is 6.54. The minimum Gasteiger partial charge on any atom is -0.372 e. The molecule has 1 aliphatic heterocycles. The van der Waals surface area contributed by atoms with Crippen LogP contribution in [0.3, 0.4) is 0 Å². The van der Waals surface area contributed by atoms with Gasteiger partial charge < -0.3 is 10.5 Å². The van der Waals surface area contributed by atoms with Crippen LogP contribution in [0.1, 0.15) is 36.7 Å². The number of nitrogens with two attached hydrogens (primary N) is 1. The smallest absolute Gasteiger partial charge is 0.0776 e. The first kappa shape index (κ1) is 12.6. The van der Waals surface area contributed by atoms with Gasteiger partial charge in [0, 0.05) is 12.2 Å². The van der Waals surface area contributed by atoms with Crippen LogP contribution in [-0.4, -0.2) is 28.5 Å². The number of rotatable bonds is 4. The molecule has 2 rings (SSSR count). The second kappa shape index (κ2) is 5.19. The van der Waals surface area contributed by atoms with Crippen LogP contribution in [0, 0.1) is 13.8 Å². The Morgan fingerprint density at radius 3 is 2.59 bits per heavy atom. The topological polar surface area (TPSA) is 53.1 Å². The van der Waals surface area contributed by atoms with Gasteiger partial charge in [0.2, 0.25) is 0 Å². The third kappa shape index (κ3) is 2.53. The Bertz CT molecular complexity index is 386. The highest BCUT2D eigenvalue weighted by atomic mass is 16.5. The molecule has 1 aromatic heterocycles. The number of nitrogens with zero attached hydrogens (tertiary/aromatic N) is 2. The molecule has 17 heavy (non-hydrogen) atoms. The third-order valence-corrected chi connectivity index (χ3v) is 3.72. The molecule has 2 heterocycles. The third-order valence-electron chi connectivity index (χ3n) is 3.72. The van der Waals surface area contributed by atoms with E-state index in [1.54, 1.807) is 0 Å². The summed E-state index contributed by atoms with van der Waals surface area (Å²) in [5, 5.41) is 4.60. The number of hydrogen-bond donors (Lipinski definition) is 1. The predicted molar refractivity (Wildman–Crippen MR) is 68.0 cm³/mol. The van der Waals surface area contributed by atoms with Gasteiger partial charge in [-0.25, -0.2) is 0 Å². The van der Waals surface area contributed by atoms with Crippen LogP contribution >= 0.6 is 0 Å². The molecule has 1 aromatic rings. The standard InChI is InChI=1S/C13H23N3O/c1-4-13-9(2)15-16(10(13)3)8-12-6-5-11(7-14)17-12/h11-12H,4-8,14H2,1-3H3. The van der Waals surface area contributed by atoms with Crippen molar-refractivity contribution in [3.8, 4) is 0 Å². The molecule has 2 atom stereocenters. The molecule has 1 fully saturated rings. The minimum absolute atomic E-state index is 0.252. The second-order valence-electron chi connectivity index (χ2n) is 4.88. The average molecular weight is 237 g/mol. The maximum atomic E-state index is 5.87. The van der Waals surface area contributed by atoms with Crippen molar-refractivity contribution in [2.24, 2.45) is 5.73 Å². The maximum Gasteiger partial charge on any atom is 0.0776 e. The van der Waals surface area contributed by atoms with Crippen molar-refractivity contribution < 1.29 is 4.74 Å². The molecule has 0 aliphatic carbocycles. The number of aromatic nitrogens is 2. The second-order valence-corrected chi connectivity index (χ2v) is 4.88. The molecule has 1 aliphatic rings. The van der Waals surface area contributed by atoms with Gasteiger partial charge in [-0.1, -0.05) is 6.92 Å². The summed E-state index contributed by atoms with van der Waals surface area (Å²) in [5.41, 5.74) is 9.43. The van der Waals surface area contributed by atoms with E-state index in [9.17, 15) is 0 Å². The van der Waals surface area contributed by atoms with E-state index in [0.717, 1.165) is 31.5 Å². The minimum atomic E-state index is 0.252. The summed E-state index contributed by atoms with van der Waals surface area (Å²) in [5.74, 6) is 0. The molecule has 2 N–H and O–H groups in total. The van der Waals surface area contributed by atoms with E-state index in [4.69, 9.17) is 10.5 Å². The normalized spacial score (nSPS) is 24.5. The monoisotopic (exact) mass is 237 g/mol. The lowest BCUT2D eigenvalue weighted by molar-refractivity contribution is 0.0381. The molecule has 1 saturated heterocycles. The highest BCUT2D eigenvalue weighted by molar-refractivity contribution is 5.24. The van der Waals surface area contributed by atoms with E-state index < -0.39 is 0 Å². The Kier molecular flexibility index (Phi) is 3.84. The lowest BCUT2D eigenvalue weighted by Crippen LogP contribution is -2.23. The Balaban J connectivity index is 2.04. The fourth-order valence-electron chi connectivity index (χ4n) is 2.70. The molecule has 0 amide bonds. The van der Waals surface area contributed by atoms with Gasteiger partial charge in [0.15, 0.2) is 0 Å². The number of aryl methyl sites for hydroxylation is 1. The number of ether oxygens (including phenoxy) is 1. The van der Waals surface area contributed by atoms with E-state index in [1.807, 2.05) is 0 Å². The molecule has 0 saturated carbocycles. The van der Waals surface area contributed by atoms with Crippen LogP contribution in [0.4, 0.5) is 0 Å². The van der Waals surface area contributed by atoms with Gasteiger partial charge in [-0.15, -0.1) is 0 Å². The highest BCUT2D eigenvalue weighted by Gasteiger charge is 2.25. The van der Waals surface area contributed by atoms with Gasteiger partial charge in [0.05, 0.1) is 24.4 Å². The lowest BCUT2D eigenvalue weighted by Gasteiger charge is -2.13. The summed E-state index contributed by atoms with van der Waals surface area (Å²) in [6.07, 6.45) is 3.77. The maximum absolute atomic E-state index is 5.87. The van der Waals surface area contributed by atoms with Crippen molar-refractivity contribution >= 4 is 0 Å². The van der Waals surface area contributed by atoms with Crippen LogP contribution < -0.4 is 5.73 Å². The van der Waals surface area contributed by atoms with Crippen molar-refractivity contribution in [3.05, 3.63) is 17.0 Å². The summed E-state index contributed by atoms with van der Waals surface area (Å²) in [4.78, 5) is 0. The van der Waals surface area contributed by atoms with Crippen LogP contribution in [0.5, 0.6) is 0 Å². The summed E-state index contributed by atoms with van der Waals surface area (Å²) >= 11 is 0. The number of hydrogen-bond acceptors (Lipinski definition) is 3. The van der Waals surface area contributed by atoms with Crippen LogP contribution in [0.2, 0.25) is 0 Å². The first-order chi connectivity index (χ1) is 8.15. The molecular weight excluding hydrogens is 214 g/mol. The summed E-state index contributed by atoms with van der Waals surface area (Å²) in [6.45, 7) is 7.91. The van der Waals surface area contributed by atoms with E-state index in [2.05, 4.69) is 30.6 Å². The largest absolute Gasteiger partial charge is 0.372 e. The van der Waals surface area contributed by atoms with Gasteiger partial charge in [-0.2, -0.15) is 5.10 Å². The Morgan fingerprint density at radius 1 is 1.35 bits per heavy atom. The van der Waals surface area contributed by atoms with Crippen molar-refractivity contribution in [1.82, 2.24) is 9.78 Å².